The Morgan fingerprint density at radius 2 is 2.33 bits per heavy atom. The van der Waals surface area contributed by atoms with E-state index in [1.807, 2.05) is 6.92 Å². The van der Waals surface area contributed by atoms with E-state index in [1.54, 1.807) is 0 Å². The molecule has 0 aromatic heterocycles. The molecule has 0 aromatic rings. The quantitative estimate of drug-likeness (QED) is 0.567. The molecule has 4 aliphatic rings. The van der Waals surface area contributed by atoms with Gasteiger partial charge in [0, 0.05) is 16.6 Å². The first-order valence-corrected chi connectivity index (χ1v) is 6.54. The minimum absolute atomic E-state index is 0.00641. The largest absolute Gasteiger partial charge is 0.423 e. The van der Waals surface area contributed by atoms with Crippen molar-refractivity contribution in [2.24, 2.45) is 17.3 Å². The second-order valence-electron chi connectivity index (χ2n) is 6.07. The van der Waals surface area contributed by atoms with Crippen molar-refractivity contribution in [2.45, 2.75) is 26.7 Å². The van der Waals surface area contributed by atoms with Gasteiger partial charge in [-0.15, -0.1) is 0 Å². The van der Waals surface area contributed by atoms with E-state index in [4.69, 9.17) is 4.74 Å². The number of rotatable bonds is 1. The summed E-state index contributed by atoms with van der Waals surface area (Å²) in [5.41, 5.74) is 4.32. The number of carbonyl (C=O) groups is 1. The molecule has 1 heterocycles. The van der Waals surface area contributed by atoms with Gasteiger partial charge in [-0.3, -0.25) is 0 Å². The highest BCUT2D eigenvalue weighted by Crippen LogP contribution is 2.68. The average Bonchev–Trinajstić information content (AvgIpc) is 3.03. The van der Waals surface area contributed by atoms with Crippen molar-refractivity contribution in [1.82, 2.24) is 0 Å². The maximum absolute atomic E-state index is 11.6. The molecule has 0 saturated heterocycles. The van der Waals surface area contributed by atoms with Crippen molar-refractivity contribution in [3.8, 4) is 0 Å². The average molecular weight is 244 g/mol. The van der Waals surface area contributed by atoms with Gasteiger partial charge >= 0.3 is 5.97 Å². The van der Waals surface area contributed by atoms with E-state index in [-0.39, 0.29) is 18.0 Å². The molecule has 0 spiro atoms. The molecular formula is C15H16O3. The Balaban J connectivity index is 1.91. The highest BCUT2D eigenvalue weighted by Gasteiger charge is 2.60. The molecule has 3 atom stereocenters. The van der Waals surface area contributed by atoms with Gasteiger partial charge in [-0.1, -0.05) is 12.5 Å². The monoisotopic (exact) mass is 244 g/mol. The van der Waals surface area contributed by atoms with Crippen LogP contribution >= 0.6 is 0 Å². The number of hydrogen-bond acceptors (Lipinski definition) is 3. The van der Waals surface area contributed by atoms with E-state index in [0.717, 1.165) is 23.3 Å². The summed E-state index contributed by atoms with van der Waals surface area (Å²) < 4.78 is 5.35. The summed E-state index contributed by atoms with van der Waals surface area (Å²) in [7, 11) is 0. The molecule has 1 aliphatic heterocycles. The molecule has 0 bridgehead atoms. The fraction of sp³-hybridized carbons (Fsp3) is 0.533. The normalized spacial score (nSPS) is 40.4. The highest BCUT2D eigenvalue weighted by molar-refractivity contribution is 5.94. The lowest BCUT2D eigenvalue weighted by atomic mass is 9.72. The molecule has 18 heavy (non-hydrogen) atoms. The first kappa shape index (κ1) is 10.6. The second-order valence-corrected chi connectivity index (χ2v) is 6.07. The van der Waals surface area contributed by atoms with Crippen LogP contribution in [0, 0.1) is 17.3 Å². The molecule has 3 aliphatic carbocycles. The number of allylic oxidation sites excluding steroid dienone is 3. The molecular weight excluding hydrogens is 228 g/mol. The van der Waals surface area contributed by atoms with Crippen LogP contribution in [0.5, 0.6) is 0 Å². The molecule has 1 N–H and O–H groups in total. The third kappa shape index (κ3) is 1.02. The Kier molecular flexibility index (Phi) is 1.74. The van der Waals surface area contributed by atoms with Crippen LogP contribution < -0.4 is 0 Å². The lowest BCUT2D eigenvalue weighted by molar-refractivity contribution is -0.133. The molecule has 1 fully saturated rings. The smallest absolute Gasteiger partial charge is 0.339 e. The van der Waals surface area contributed by atoms with Crippen molar-refractivity contribution in [1.29, 1.82) is 0 Å². The van der Waals surface area contributed by atoms with Crippen LogP contribution in [-0.4, -0.2) is 17.7 Å². The summed E-state index contributed by atoms with van der Waals surface area (Å²) >= 11 is 0. The first-order chi connectivity index (χ1) is 8.56. The molecule has 3 heteroatoms. The Hall–Kier alpha value is -1.35. The van der Waals surface area contributed by atoms with Crippen molar-refractivity contribution >= 4 is 5.97 Å². The van der Waals surface area contributed by atoms with Crippen LogP contribution in [0.1, 0.15) is 26.7 Å². The van der Waals surface area contributed by atoms with Gasteiger partial charge < -0.3 is 9.84 Å². The van der Waals surface area contributed by atoms with Crippen molar-refractivity contribution in [3.05, 3.63) is 34.1 Å². The first-order valence-electron chi connectivity index (χ1n) is 6.54. The van der Waals surface area contributed by atoms with Gasteiger partial charge in [0.25, 0.3) is 0 Å². The molecule has 94 valence electrons. The summed E-state index contributed by atoms with van der Waals surface area (Å²) in [5.74, 6) is 1.75. The van der Waals surface area contributed by atoms with Gasteiger partial charge in [0.05, 0.1) is 6.61 Å². The van der Waals surface area contributed by atoms with Crippen LogP contribution in [-0.2, 0) is 9.53 Å². The Labute approximate surface area is 106 Å². The summed E-state index contributed by atoms with van der Waals surface area (Å²) in [5, 5.41) is 9.58. The van der Waals surface area contributed by atoms with E-state index in [9.17, 15) is 9.90 Å². The van der Waals surface area contributed by atoms with Gasteiger partial charge in [0.1, 0.15) is 5.76 Å². The van der Waals surface area contributed by atoms with Gasteiger partial charge in [-0.25, -0.2) is 4.79 Å². The Morgan fingerprint density at radius 3 is 3.06 bits per heavy atom. The van der Waals surface area contributed by atoms with Gasteiger partial charge in [-0.2, -0.15) is 0 Å². The number of aliphatic hydroxyl groups excluding tert-OH is 1. The topological polar surface area (TPSA) is 46.5 Å². The standard InChI is InChI=1S/C15H16O3/c1-7-8-3-12-10(6-16)9-4-11(9)15(12,2)5-13(8)18-14(7)17/h5,9,11,16H,3-4,6H2,1-2H3/t9-,11-,15+/m1/s1. The maximum atomic E-state index is 11.6. The zero-order valence-corrected chi connectivity index (χ0v) is 10.6. The third-order valence-electron chi connectivity index (χ3n) is 5.26. The third-order valence-corrected chi connectivity index (χ3v) is 5.26. The molecule has 4 rings (SSSR count). The zero-order chi connectivity index (χ0) is 12.7. The van der Waals surface area contributed by atoms with E-state index in [2.05, 4.69) is 13.0 Å². The SMILES string of the molecule is CC1=C2CC3=C(CO)[C@H]4C[C@H]4[C@]3(C)C=C2OC1=O. The number of carbonyl (C=O) groups excluding carboxylic acids is 1. The predicted octanol–water partition coefficient (Wildman–Crippen LogP) is 2.09. The maximum Gasteiger partial charge on any atom is 0.339 e. The van der Waals surface area contributed by atoms with Gasteiger partial charge in [0.2, 0.25) is 0 Å². The van der Waals surface area contributed by atoms with Gasteiger partial charge in [-0.05, 0) is 43.3 Å². The summed E-state index contributed by atoms with van der Waals surface area (Å²) in [4.78, 5) is 11.6. The van der Waals surface area contributed by atoms with E-state index < -0.39 is 0 Å². The van der Waals surface area contributed by atoms with Gasteiger partial charge in [0.15, 0.2) is 0 Å². The van der Waals surface area contributed by atoms with Crippen LogP contribution in [0.25, 0.3) is 0 Å². The van der Waals surface area contributed by atoms with Crippen molar-refractivity contribution in [3.63, 3.8) is 0 Å². The highest BCUT2D eigenvalue weighted by atomic mass is 16.5. The Morgan fingerprint density at radius 1 is 1.56 bits per heavy atom. The number of aliphatic hydroxyl groups is 1. The van der Waals surface area contributed by atoms with Crippen molar-refractivity contribution < 1.29 is 14.6 Å². The summed E-state index contributed by atoms with van der Waals surface area (Å²) in [6, 6.07) is 0. The molecule has 0 amide bonds. The molecule has 0 radical (unpaired) electrons. The van der Waals surface area contributed by atoms with E-state index in [1.165, 1.54) is 17.6 Å². The number of esters is 1. The summed E-state index contributed by atoms with van der Waals surface area (Å²) in [6.07, 6.45) is 4.08. The molecule has 3 nitrogen and oxygen atoms in total. The van der Waals surface area contributed by atoms with Crippen molar-refractivity contribution in [2.75, 3.05) is 6.61 Å². The second kappa shape index (κ2) is 2.97. The number of ether oxygens (including phenoxy) is 1. The number of hydrogen-bond donors (Lipinski definition) is 1. The molecule has 0 aromatic carbocycles. The Bertz CT molecular complexity index is 579. The minimum Gasteiger partial charge on any atom is -0.423 e. The lowest BCUT2D eigenvalue weighted by Gasteiger charge is -2.32. The van der Waals surface area contributed by atoms with Crippen LogP contribution in [0.15, 0.2) is 34.1 Å². The van der Waals surface area contributed by atoms with Crippen LogP contribution in [0.3, 0.4) is 0 Å². The summed E-state index contributed by atoms with van der Waals surface area (Å²) in [6.45, 7) is 4.22. The molecule has 1 saturated carbocycles. The fourth-order valence-electron chi connectivity index (χ4n) is 4.08. The fourth-order valence-corrected chi connectivity index (χ4v) is 4.08. The van der Waals surface area contributed by atoms with E-state index >= 15 is 0 Å². The predicted molar refractivity (Wildman–Crippen MR) is 65.3 cm³/mol. The van der Waals surface area contributed by atoms with E-state index in [0.29, 0.717) is 11.8 Å². The van der Waals surface area contributed by atoms with Crippen LogP contribution in [0.4, 0.5) is 0 Å². The number of fused-ring (bicyclic) bond motifs is 4. The minimum atomic E-state index is -0.210. The lowest BCUT2D eigenvalue weighted by Crippen LogP contribution is -2.23. The molecule has 0 unspecified atom stereocenters. The van der Waals surface area contributed by atoms with Crippen LogP contribution in [0.2, 0.25) is 0 Å². The zero-order valence-electron chi connectivity index (χ0n) is 10.6.